The minimum atomic E-state index is -0.435. The van der Waals surface area contributed by atoms with E-state index in [0.29, 0.717) is 33.0 Å². The Morgan fingerprint density at radius 1 is 0.966 bits per heavy atom. The molecular weight excluding hydrogens is 388 g/mol. The number of hydrogen-bond acceptors (Lipinski definition) is 4. The van der Waals surface area contributed by atoms with E-state index in [1.165, 1.54) is 6.20 Å². The molecule has 29 heavy (non-hydrogen) atoms. The number of benzene rings is 2. The number of amides is 2. The fourth-order valence-corrected chi connectivity index (χ4v) is 3.97. The summed E-state index contributed by atoms with van der Waals surface area (Å²) in [5, 5.41) is 5.51. The van der Waals surface area contributed by atoms with Gasteiger partial charge in [0.25, 0.3) is 11.8 Å². The summed E-state index contributed by atoms with van der Waals surface area (Å²) in [6, 6.07) is 14.6. The van der Waals surface area contributed by atoms with Crippen LogP contribution in [0.15, 0.2) is 54.7 Å². The molecule has 6 nitrogen and oxygen atoms in total. The number of hydrogen-bond donors (Lipinski definition) is 0. The van der Waals surface area contributed by atoms with E-state index in [1.807, 2.05) is 38.1 Å². The fraction of sp³-hybridized carbons (Fsp3) is 0.0909. The molecule has 0 N–H and O–H groups in total. The molecule has 2 aromatic carbocycles. The standard InChI is InChI=1S/C22H15ClN4O2/c1-12-6-5-7-14(10-12)27-20-18(13(2)25-27)19-15(11-24-20)21(28)26(22(19)29)17-9-4-3-8-16(17)23/h3-11H,1-2H3. The second-order valence-corrected chi connectivity index (χ2v) is 7.39. The van der Waals surface area contributed by atoms with Crippen LogP contribution in [0.1, 0.15) is 32.0 Å². The Labute approximate surface area is 171 Å². The number of para-hydroxylation sites is 1. The number of pyridine rings is 1. The first kappa shape index (κ1) is 17.6. The van der Waals surface area contributed by atoms with Gasteiger partial charge in [0.1, 0.15) is 0 Å². The number of halogens is 1. The van der Waals surface area contributed by atoms with Gasteiger partial charge in [0, 0.05) is 6.20 Å². The van der Waals surface area contributed by atoms with E-state index in [0.717, 1.165) is 16.2 Å². The van der Waals surface area contributed by atoms with Gasteiger partial charge in [0.2, 0.25) is 0 Å². The average Bonchev–Trinajstić information content (AvgIpc) is 3.17. The Kier molecular flexibility index (Phi) is 3.79. The Morgan fingerprint density at radius 3 is 2.52 bits per heavy atom. The van der Waals surface area contributed by atoms with Crippen molar-refractivity contribution in [3.63, 3.8) is 0 Å². The highest BCUT2D eigenvalue weighted by Gasteiger charge is 2.40. The van der Waals surface area contributed by atoms with Crippen LogP contribution in [0.3, 0.4) is 0 Å². The van der Waals surface area contributed by atoms with E-state index in [1.54, 1.807) is 28.9 Å². The molecule has 0 fully saturated rings. The molecule has 5 rings (SSSR count). The predicted molar refractivity (Wildman–Crippen MR) is 111 cm³/mol. The molecule has 3 heterocycles. The third-order valence-corrected chi connectivity index (χ3v) is 5.38. The highest BCUT2D eigenvalue weighted by molar-refractivity contribution is 6.41. The lowest BCUT2D eigenvalue weighted by Crippen LogP contribution is -2.29. The summed E-state index contributed by atoms with van der Waals surface area (Å²) in [6.07, 6.45) is 1.45. The van der Waals surface area contributed by atoms with Crippen LogP contribution in [0.5, 0.6) is 0 Å². The normalized spacial score (nSPS) is 13.4. The van der Waals surface area contributed by atoms with Gasteiger partial charge in [-0.25, -0.2) is 14.6 Å². The monoisotopic (exact) mass is 402 g/mol. The number of aromatic nitrogens is 3. The molecule has 2 aromatic heterocycles. The summed E-state index contributed by atoms with van der Waals surface area (Å²) < 4.78 is 1.70. The van der Waals surface area contributed by atoms with Crippen molar-refractivity contribution in [1.29, 1.82) is 0 Å². The van der Waals surface area contributed by atoms with Crippen LogP contribution < -0.4 is 4.90 Å². The quantitative estimate of drug-likeness (QED) is 0.463. The second kappa shape index (κ2) is 6.25. The molecule has 0 spiro atoms. The maximum atomic E-state index is 13.3. The van der Waals surface area contributed by atoms with E-state index >= 15 is 0 Å². The number of anilines is 1. The molecule has 0 saturated heterocycles. The van der Waals surface area contributed by atoms with Crippen molar-refractivity contribution in [2.75, 3.05) is 4.90 Å². The average molecular weight is 403 g/mol. The van der Waals surface area contributed by atoms with Gasteiger partial charge in [-0.1, -0.05) is 35.9 Å². The van der Waals surface area contributed by atoms with Gasteiger partial charge in [0.15, 0.2) is 5.65 Å². The smallest absolute Gasteiger partial charge is 0.267 e. The van der Waals surface area contributed by atoms with Crippen molar-refractivity contribution in [1.82, 2.24) is 14.8 Å². The van der Waals surface area contributed by atoms with Crippen LogP contribution in [-0.4, -0.2) is 26.6 Å². The van der Waals surface area contributed by atoms with Crippen LogP contribution in [0.4, 0.5) is 5.69 Å². The van der Waals surface area contributed by atoms with E-state index < -0.39 is 11.8 Å². The molecule has 1 aliphatic heterocycles. The first-order chi connectivity index (χ1) is 14.0. The molecular formula is C22H15ClN4O2. The lowest BCUT2D eigenvalue weighted by molar-refractivity contribution is 0.0926. The van der Waals surface area contributed by atoms with Crippen LogP contribution in [0.25, 0.3) is 16.7 Å². The van der Waals surface area contributed by atoms with Gasteiger partial charge >= 0.3 is 0 Å². The van der Waals surface area contributed by atoms with Crippen molar-refractivity contribution >= 4 is 40.1 Å². The van der Waals surface area contributed by atoms with Gasteiger partial charge in [-0.15, -0.1) is 0 Å². The molecule has 0 atom stereocenters. The van der Waals surface area contributed by atoms with Gasteiger partial charge < -0.3 is 0 Å². The largest absolute Gasteiger partial charge is 0.268 e. The first-order valence-electron chi connectivity index (χ1n) is 9.06. The lowest BCUT2D eigenvalue weighted by atomic mass is 10.1. The van der Waals surface area contributed by atoms with E-state index in [9.17, 15) is 9.59 Å². The second-order valence-electron chi connectivity index (χ2n) is 6.98. The summed E-state index contributed by atoms with van der Waals surface area (Å²) >= 11 is 6.25. The van der Waals surface area contributed by atoms with Gasteiger partial charge in [-0.05, 0) is 43.7 Å². The van der Waals surface area contributed by atoms with Crippen molar-refractivity contribution in [2.45, 2.75) is 13.8 Å². The minimum Gasteiger partial charge on any atom is -0.268 e. The predicted octanol–water partition coefficient (Wildman–Crippen LogP) is 4.49. The molecule has 2 amide bonds. The number of imide groups is 1. The molecule has 142 valence electrons. The van der Waals surface area contributed by atoms with Crippen molar-refractivity contribution in [2.24, 2.45) is 0 Å². The summed E-state index contributed by atoms with van der Waals surface area (Å²) in [6.45, 7) is 3.81. The number of carbonyl (C=O) groups is 2. The van der Waals surface area contributed by atoms with Crippen molar-refractivity contribution < 1.29 is 9.59 Å². The third-order valence-electron chi connectivity index (χ3n) is 5.06. The van der Waals surface area contributed by atoms with Crippen LogP contribution >= 0.6 is 11.6 Å². The van der Waals surface area contributed by atoms with Crippen molar-refractivity contribution in [3.8, 4) is 5.69 Å². The Balaban J connectivity index is 1.74. The lowest BCUT2D eigenvalue weighted by Gasteiger charge is -2.15. The summed E-state index contributed by atoms with van der Waals surface area (Å²) in [4.78, 5) is 31.9. The number of nitrogens with zero attached hydrogens (tertiary/aromatic N) is 4. The Hall–Kier alpha value is -3.51. The van der Waals surface area contributed by atoms with Crippen LogP contribution in [0.2, 0.25) is 5.02 Å². The van der Waals surface area contributed by atoms with Crippen LogP contribution in [-0.2, 0) is 0 Å². The van der Waals surface area contributed by atoms with Gasteiger partial charge in [-0.2, -0.15) is 5.10 Å². The summed E-state index contributed by atoms with van der Waals surface area (Å²) in [5.41, 5.74) is 4.03. The topological polar surface area (TPSA) is 68.1 Å². The molecule has 0 aliphatic carbocycles. The number of aryl methyl sites for hydroxylation is 2. The molecule has 0 radical (unpaired) electrons. The minimum absolute atomic E-state index is 0.259. The number of rotatable bonds is 2. The fourth-order valence-electron chi connectivity index (χ4n) is 3.75. The molecule has 7 heteroatoms. The SMILES string of the molecule is Cc1cccc(-n2nc(C)c3c4c(cnc32)C(=O)N(c2ccccc2Cl)C4=O)c1. The van der Waals surface area contributed by atoms with E-state index in [4.69, 9.17) is 11.6 Å². The van der Waals surface area contributed by atoms with Gasteiger partial charge in [0.05, 0.1) is 38.6 Å². The summed E-state index contributed by atoms with van der Waals surface area (Å²) in [7, 11) is 0. The maximum absolute atomic E-state index is 13.3. The van der Waals surface area contributed by atoms with Gasteiger partial charge in [-0.3, -0.25) is 9.59 Å². The molecule has 0 unspecified atom stereocenters. The molecule has 4 aromatic rings. The van der Waals surface area contributed by atoms with Crippen LogP contribution in [0, 0.1) is 13.8 Å². The highest BCUT2D eigenvalue weighted by Crippen LogP contribution is 2.36. The third kappa shape index (κ3) is 2.49. The first-order valence-corrected chi connectivity index (χ1v) is 9.44. The number of carbonyl (C=O) groups excluding carboxylic acids is 2. The van der Waals surface area contributed by atoms with Crippen molar-refractivity contribution in [3.05, 3.63) is 82.1 Å². The number of fused-ring (bicyclic) bond motifs is 3. The highest BCUT2D eigenvalue weighted by atomic mass is 35.5. The van der Waals surface area contributed by atoms with E-state index in [-0.39, 0.29) is 5.56 Å². The maximum Gasteiger partial charge on any atom is 0.267 e. The Morgan fingerprint density at radius 2 is 1.76 bits per heavy atom. The zero-order valence-corrected chi connectivity index (χ0v) is 16.4. The molecule has 0 bridgehead atoms. The zero-order valence-electron chi connectivity index (χ0n) is 15.7. The zero-order chi connectivity index (χ0) is 20.3. The molecule has 1 aliphatic rings. The molecule has 0 saturated carbocycles. The van der Waals surface area contributed by atoms with E-state index in [2.05, 4.69) is 10.1 Å². The summed E-state index contributed by atoms with van der Waals surface area (Å²) in [5.74, 6) is -0.854. The Bertz CT molecular complexity index is 1340.